The predicted octanol–water partition coefficient (Wildman–Crippen LogP) is -3.10. The van der Waals surface area contributed by atoms with Crippen LogP contribution in [0.4, 0.5) is 0 Å². The van der Waals surface area contributed by atoms with Gasteiger partial charge in [0.2, 0.25) is 23.6 Å². The van der Waals surface area contributed by atoms with Gasteiger partial charge in [0.15, 0.2) is 0 Å². The van der Waals surface area contributed by atoms with E-state index in [1.54, 1.807) is 13.8 Å². The summed E-state index contributed by atoms with van der Waals surface area (Å²) in [6.07, 6.45) is 1.27. The molecular weight excluding hydrogens is 424 g/mol. The number of amides is 4. The van der Waals surface area contributed by atoms with Gasteiger partial charge in [0, 0.05) is 6.42 Å². The number of hydrogen-bond donors (Lipinski definition) is 8. The molecule has 32 heavy (non-hydrogen) atoms. The van der Waals surface area contributed by atoms with Gasteiger partial charge in [-0.05, 0) is 31.7 Å². The number of carboxylic acids is 1. The Labute approximate surface area is 186 Å². The van der Waals surface area contributed by atoms with Crippen molar-refractivity contribution in [3.63, 3.8) is 0 Å². The molecule has 11 N–H and O–H groups in total. The first kappa shape index (κ1) is 29.2. The van der Waals surface area contributed by atoms with Crippen LogP contribution in [0.1, 0.15) is 46.0 Å². The van der Waals surface area contributed by atoms with E-state index in [1.807, 2.05) is 0 Å². The third kappa shape index (κ3) is 11.0. The lowest BCUT2D eigenvalue weighted by Crippen LogP contribution is -2.58. The van der Waals surface area contributed by atoms with Crippen molar-refractivity contribution in [1.29, 1.82) is 0 Å². The van der Waals surface area contributed by atoms with Gasteiger partial charge in [0.05, 0.1) is 12.6 Å². The molecule has 13 nitrogen and oxygen atoms in total. The predicted molar refractivity (Wildman–Crippen MR) is 115 cm³/mol. The van der Waals surface area contributed by atoms with Crippen LogP contribution in [0.3, 0.4) is 0 Å². The highest BCUT2D eigenvalue weighted by Gasteiger charge is 2.31. The molecule has 0 aliphatic heterocycles. The molecule has 13 heteroatoms. The summed E-state index contributed by atoms with van der Waals surface area (Å²) in [6, 6.07) is -4.80. The van der Waals surface area contributed by atoms with Gasteiger partial charge < -0.3 is 43.4 Å². The summed E-state index contributed by atoms with van der Waals surface area (Å²) in [6.45, 7) is 2.95. The molecule has 0 aromatic rings. The molecular formula is C19H36N6O7. The van der Waals surface area contributed by atoms with Crippen LogP contribution in [-0.2, 0) is 24.0 Å². The van der Waals surface area contributed by atoms with Gasteiger partial charge in [-0.1, -0.05) is 20.3 Å². The van der Waals surface area contributed by atoms with Crippen LogP contribution in [0.25, 0.3) is 0 Å². The first-order valence-corrected chi connectivity index (χ1v) is 10.4. The zero-order valence-corrected chi connectivity index (χ0v) is 18.5. The number of carbonyl (C=O) groups is 5. The molecule has 0 bridgehead atoms. The zero-order chi connectivity index (χ0) is 24.8. The van der Waals surface area contributed by atoms with E-state index in [2.05, 4.69) is 16.0 Å². The van der Waals surface area contributed by atoms with Crippen molar-refractivity contribution < 1.29 is 34.2 Å². The summed E-state index contributed by atoms with van der Waals surface area (Å²) >= 11 is 0. The minimum absolute atomic E-state index is 0.206. The summed E-state index contributed by atoms with van der Waals surface area (Å²) in [7, 11) is 0. The fraction of sp³-hybridized carbons (Fsp3) is 0.737. The Balaban J connectivity index is 5.31. The summed E-state index contributed by atoms with van der Waals surface area (Å²) in [5, 5.41) is 25.1. The maximum Gasteiger partial charge on any atom is 0.328 e. The van der Waals surface area contributed by atoms with Crippen LogP contribution in [0.15, 0.2) is 0 Å². The minimum Gasteiger partial charge on any atom is -0.480 e. The maximum atomic E-state index is 12.8. The monoisotopic (exact) mass is 460 g/mol. The van der Waals surface area contributed by atoms with E-state index in [0.717, 1.165) is 0 Å². The van der Waals surface area contributed by atoms with Crippen molar-refractivity contribution in [2.24, 2.45) is 23.1 Å². The smallest absolute Gasteiger partial charge is 0.328 e. The minimum atomic E-state index is -1.59. The summed E-state index contributed by atoms with van der Waals surface area (Å²) in [5.74, 6) is -4.77. The van der Waals surface area contributed by atoms with E-state index >= 15 is 0 Å². The number of hydrogen-bond acceptors (Lipinski definition) is 8. The van der Waals surface area contributed by atoms with Gasteiger partial charge in [0.25, 0.3) is 0 Å². The number of carboxylic acid groups (broad SMARTS) is 1. The first-order chi connectivity index (χ1) is 14.9. The maximum absolute atomic E-state index is 12.8. The Bertz CT molecular complexity index is 658. The highest BCUT2D eigenvalue weighted by molar-refractivity contribution is 5.94. The van der Waals surface area contributed by atoms with E-state index < -0.39 is 60.4 Å². The molecule has 0 heterocycles. The molecule has 0 saturated carbocycles. The SMILES string of the molecule is CC(C)C(NC(=O)C(N)CCCCN)C(=O)NC(CCC(N)=O)C(=O)NC(CO)C(=O)O. The van der Waals surface area contributed by atoms with E-state index in [1.165, 1.54) is 0 Å². The topological polar surface area (TPSA) is 240 Å². The van der Waals surface area contributed by atoms with Gasteiger partial charge in [-0.15, -0.1) is 0 Å². The molecule has 4 atom stereocenters. The Morgan fingerprint density at radius 1 is 0.875 bits per heavy atom. The highest BCUT2D eigenvalue weighted by atomic mass is 16.4. The Morgan fingerprint density at radius 3 is 1.94 bits per heavy atom. The standard InChI is InChI=1S/C19H36N6O7/c1-10(2)15(25-16(28)11(21)5-3-4-8-20)18(30)23-12(6-7-14(22)27)17(29)24-13(9-26)19(31)32/h10-13,15,26H,3-9,20-21H2,1-2H3,(H2,22,27)(H,23,30)(H,24,29)(H,25,28)(H,31,32). The second kappa shape index (κ2) is 15.1. The summed E-state index contributed by atoms with van der Waals surface area (Å²) < 4.78 is 0. The van der Waals surface area contributed by atoms with Gasteiger partial charge in [-0.3, -0.25) is 19.2 Å². The molecule has 0 saturated heterocycles. The van der Waals surface area contributed by atoms with Gasteiger partial charge in [0.1, 0.15) is 18.1 Å². The fourth-order valence-electron chi connectivity index (χ4n) is 2.71. The van der Waals surface area contributed by atoms with Crippen molar-refractivity contribution in [3.8, 4) is 0 Å². The molecule has 0 aromatic carbocycles. The number of aliphatic carboxylic acids is 1. The van der Waals surface area contributed by atoms with Crippen molar-refractivity contribution in [2.75, 3.05) is 13.2 Å². The van der Waals surface area contributed by atoms with Crippen molar-refractivity contribution in [1.82, 2.24) is 16.0 Å². The summed E-state index contributed by atoms with van der Waals surface area (Å²) in [5.41, 5.74) is 16.4. The lowest BCUT2D eigenvalue weighted by atomic mass is 10.0. The average Bonchev–Trinajstić information content (AvgIpc) is 2.71. The Morgan fingerprint density at radius 2 is 1.47 bits per heavy atom. The van der Waals surface area contributed by atoms with E-state index in [4.69, 9.17) is 27.4 Å². The Hall–Kier alpha value is -2.77. The lowest BCUT2D eigenvalue weighted by molar-refractivity contribution is -0.143. The van der Waals surface area contributed by atoms with Crippen molar-refractivity contribution >= 4 is 29.6 Å². The van der Waals surface area contributed by atoms with E-state index in [9.17, 15) is 24.0 Å². The molecule has 0 rings (SSSR count). The molecule has 0 radical (unpaired) electrons. The number of aliphatic hydroxyl groups is 1. The molecule has 4 unspecified atom stereocenters. The van der Waals surface area contributed by atoms with Gasteiger partial charge >= 0.3 is 5.97 Å². The third-order valence-electron chi connectivity index (χ3n) is 4.66. The number of primary amides is 1. The Kier molecular flexibility index (Phi) is 13.8. The average molecular weight is 461 g/mol. The number of nitrogens with one attached hydrogen (secondary N) is 3. The first-order valence-electron chi connectivity index (χ1n) is 10.4. The number of carbonyl (C=O) groups excluding carboxylic acids is 4. The zero-order valence-electron chi connectivity index (χ0n) is 18.5. The molecule has 4 amide bonds. The second-order valence-electron chi connectivity index (χ2n) is 7.77. The van der Waals surface area contributed by atoms with Crippen molar-refractivity contribution in [3.05, 3.63) is 0 Å². The number of nitrogens with two attached hydrogens (primary N) is 3. The van der Waals surface area contributed by atoms with Crippen LogP contribution in [0.2, 0.25) is 0 Å². The van der Waals surface area contributed by atoms with Crippen LogP contribution < -0.4 is 33.2 Å². The van der Waals surface area contributed by atoms with Crippen LogP contribution in [0, 0.1) is 5.92 Å². The van der Waals surface area contributed by atoms with E-state index in [-0.39, 0.29) is 18.8 Å². The number of rotatable bonds is 16. The van der Waals surface area contributed by atoms with Crippen LogP contribution in [-0.4, -0.2) is 77.1 Å². The molecule has 0 fully saturated rings. The van der Waals surface area contributed by atoms with Crippen LogP contribution in [0.5, 0.6) is 0 Å². The second-order valence-corrected chi connectivity index (χ2v) is 7.77. The largest absolute Gasteiger partial charge is 0.480 e. The molecule has 0 aliphatic carbocycles. The molecule has 0 aromatic heterocycles. The van der Waals surface area contributed by atoms with Gasteiger partial charge in [-0.25, -0.2) is 4.79 Å². The number of unbranched alkanes of at least 4 members (excludes halogenated alkanes) is 1. The number of aliphatic hydroxyl groups excluding tert-OH is 1. The third-order valence-corrected chi connectivity index (χ3v) is 4.66. The van der Waals surface area contributed by atoms with Crippen LogP contribution >= 0.6 is 0 Å². The molecule has 0 spiro atoms. The van der Waals surface area contributed by atoms with Gasteiger partial charge in [-0.2, -0.15) is 0 Å². The molecule has 184 valence electrons. The molecule has 0 aliphatic rings. The quantitative estimate of drug-likeness (QED) is 0.109. The summed E-state index contributed by atoms with van der Waals surface area (Å²) in [4.78, 5) is 59.8. The fourth-order valence-corrected chi connectivity index (χ4v) is 2.71. The highest BCUT2D eigenvalue weighted by Crippen LogP contribution is 2.07. The lowest BCUT2D eigenvalue weighted by Gasteiger charge is -2.26. The van der Waals surface area contributed by atoms with Crippen molar-refractivity contribution in [2.45, 2.75) is 70.1 Å². The van der Waals surface area contributed by atoms with E-state index in [0.29, 0.717) is 25.8 Å². The normalized spacial score (nSPS) is 14.7.